The Balaban J connectivity index is 1.99. The molecule has 0 aliphatic heterocycles. The minimum absolute atomic E-state index is 0.0316. The fourth-order valence-electron chi connectivity index (χ4n) is 2.97. The van der Waals surface area contributed by atoms with Crippen LogP contribution in [0.25, 0.3) is 10.9 Å². The molecule has 0 amide bonds. The van der Waals surface area contributed by atoms with Crippen molar-refractivity contribution in [2.45, 2.75) is 37.8 Å². The number of rotatable bonds is 3. The third-order valence-electron chi connectivity index (χ3n) is 4.11. The Morgan fingerprint density at radius 3 is 2.86 bits per heavy atom. The number of hydrogen-bond acceptors (Lipinski definition) is 5. The normalized spacial score (nSPS) is 22.1. The molecule has 1 saturated carbocycles. The Labute approximate surface area is 122 Å². The number of anilines is 1. The number of para-hydroxylation sites is 1. The summed E-state index contributed by atoms with van der Waals surface area (Å²) in [4.78, 5) is 14.9. The van der Waals surface area contributed by atoms with Crippen LogP contribution in [-0.4, -0.2) is 22.0 Å². The molecule has 0 unspecified atom stereocenters. The van der Waals surface area contributed by atoms with Crippen molar-refractivity contribution in [2.75, 3.05) is 5.32 Å². The first-order valence-corrected chi connectivity index (χ1v) is 7.21. The number of non-ortho nitro benzene ring substituents is 1. The van der Waals surface area contributed by atoms with E-state index in [0.29, 0.717) is 5.52 Å². The van der Waals surface area contributed by atoms with Gasteiger partial charge in [0.15, 0.2) is 0 Å². The van der Waals surface area contributed by atoms with Gasteiger partial charge in [-0.15, -0.1) is 0 Å². The van der Waals surface area contributed by atoms with Crippen molar-refractivity contribution < 1.29 is 4.92 Å². The highest BCUT2D eigenvalue weighted by molar-refractivity contribution is 5.96. The molecule has 1 aromatic heterocycles. The number of nitrogens with two attached hydrogens (primary N) is 1. The highest BCUT2D eigenvalue weighted by Crippen LogP contribution is 2.30. The minimum atomic E-state index is -0.397. The van der Waals surface area contributed by atoms with Crippen LogP contribution in [0.4, 0.5) is 11.4 Å². The highest BCUT2D eigenvalue weighted by Gasteiger charge is 2.23. The summed E-state index contributed by atoms with van der Waals surface area (Å²) in [5.41, 5.74) is 7.47. The summed E-state index contributed by atoms with van der Waals surface area (Å²) in [7, 11) is 0. The quantitative estimate of drug-likeness (QED) is 0.668. The van der Waals surface area contributed by atoms with E-state index in [4.69, 9.17) is 5.73 Å². The molecule has 2 atom stereocenters. The van der Waals surface area contributed by atoms with E-state index >= 15 is 0 Å². The molecule has 110 valence electrons. The summed E-state index contributed by atoms with van der Waals surface area (Å²) in [6.07, 6.45) is 5.98. The third kappa shape index (κ3) is 2.67. The smallest absolute Gasteiger partial charge is 0.295 e. The summed E-state index contributed by atoms with van der Waals surface area (Å²) >= 11 is 0. The lowest BCUT2D eigenvalue weighted by molar-refractivity contribution is -0.383. The van der Waals surface area contributed by atoms with Gasteiger partial charge >= 0.3 is 0 Å². The van der Waals surface area contributed by atoms with Crippen molar-refractivity contribution in [1.82, 2.24) is 4.98 Å². The number of nitrogens with one attached hydrogen (secondary N) is 1. The van der Waals surface area contributed by atoms with E-state index in [9.17, 15) is 10.1 Å². The van der Waals surface area contributed by atoms with Crippen LogP contribution in [0.15, 0.2) is 30.5 Å². The molecule has 1 aliphatic rings. The lowest BCUT2D eigenvalue weighted by atomic mass is 9.91. The van der Waals surface area contributed by atoms with Crippen molar-refractivity contribution in [3.05, 3.63) is 40.6 Å². The number of nitrogens with zero attached hydrogens (tertiary/aromatic N) is 2. The van der Waals surface area contributed by atoms with E-state index in [1.54, 1.807) is 12.3 Å². The SMILES string of the molecule is N[C@@H]1CCCC[C@H]1Nc1ccnc2c([N+](=O)[O-])cccc12. The number of nitro benzene ring substituents is 1. The second-order valence-corrected chi connectivity index (χ2v) is 5.49. The molecule has 0 saturated heterocycles. The molecule has 3 N–H and O–H groups in total. The molecule has 1 aliphatic carbocycles. The molecular formula is C15H18N4O2. The van der Waals surface area contributed by atoms with E-state index in [2.05, 4.69) is 10.3 Å². The standard InChI is InChI=1S/C15H18N4O2/c16-11-5-1-2-6-13(11)18-12-8-9-17-15-10(12)4-3-7-14(15)19(20)21/h3-4,7-9,11,13H,1-2,5-6,16H2,(H,17,18)/t11-,13-/m1/s1. The molecule has 1 aromatic carbocycles. The van der Waals surface area contributed by atoms with E-state index < -0.39 is 4.92 Å². The van der Waals surface area contributed by atoms with Gasteiger partial charge in [0, 0.05) is 35.4 Å². The average molecular weight is 286 g/mol. The predicted octanol–water partition coefficient (Wildman–Crippen LogP) is 2.82. The summed E-state index contributed by atoms with van der Waals surface area (Å²) in [5.74, 6) is 0. The van der Waals surface area contributed by atoms with Crippen molar-refractivity contribution in [2.24, 2.45) is 5.73 Å². The Morgan fingerprint density at radius 1 is 1.29 bits per heavy atom. The van der Waals surface area contributed by atoms with Gasteiger partial charge in [-0.2, -0.15) is 0 Å². The van der Waals surface area contributed by atoms with Crippen LogP contribution in [-0.2, 0) is 0 Å². The van der Waals surface area contributed by atoms with Crippen molar-refractivity contribution >= 4 is 22.3 Å². The van der Waals surface area contributed by atoms with Crippen LogP contribution in [0.2, 0.25) is 0 Å². The maximum Gasteiger partial charge on any atom is 0.295 e. The van der Waals surface area contributed by atoms with Crippen molar-refractivity contribution in [1.29, 1.82) is 0 Å². The van der Waals surface area contributed by atoms with Gasteiger partial charge in [0.2, 0.25) is 0 Å². The Bertz CT molecular complexity index is 674. The van der Waals surface area contributed by atoms with Crippen LogP contribution in [0.1, 0.15) is 25.7 Å². The molecule has 0 radical (unpaired) electrons. The van der Waals surface area contributed by atoms with Gasteiger partial charge in [-0.05, 0) is 18.9 Å². The van der Waals surface area contributed by atoms with Crippen LogP contribution < -0.4 is 11.1 Å². The fourth-order valence-corrected chi connectivity index (χ4v) is 2.97. The van der Waals surface area contributed by atoms with Gasteiger partial charge in [0.1, 0.15) is 5.52 Å². The first kappa shape index (κ1) is 13.8. The number of hydrogen-bond donors (Lipinski definition) is 2. The minimum Gasteiger partial charge on any atom is -0.380 e. The lowest BCUT2D eigenvalue weighted by Crippen LogP contribution is -2.42. The molecule has 21 heavy (non-hydrogen) atoms. The van der Waals surface area contributed by atoms with Crippen LogP contribution in [0.3, 0.4) is 0 Å². The summed E-state index contributed by atoms with van der Waals surface area (Å²) in [6.45, 7) is 0. The van der Waals surface area contributed by atoms with E-state index in [1.165, 1.54) is 12.5 Å². The van der Waals surface area contributed by atoms with Crippen LogP contribution in [0.5, 0.6) is 0 Å². The summed E-state index contributed by atoms with van der Waals surface area (Å²) in [5, 5.41) is 15.3. The van der Waals surface area contributed by atoms with Gasteiger partial charge in [0.05, 0.1) is 4.92 Å². The number of pyridine rings is 1. The fraction of sp³-hybridized carbons (Fsp3) is 0.400. The van der Waals surface area contributed by atoms with Gasteiger partial charge in [-0.25, -0.2) is 4.98 Å². The molecule has 3 rings (SSSR count). The molecule has 2 aromatic rings. The molecule has 6 nitrogen and oxygen atoms in total. The van der Waals surface area contributed by atoms with Crippen LogP contribution >= 0.6 is 0 Å². The topological polar surface area (TPSA) is 94.1 Å². The summed E-state index contributed by atoms with van der Waals surface area (Å²) in [6, 6.07) is 7.21. The van der Waals surface area contributed by atoms with Gasteiger partial charge in [-0.3, -0.25) is 10.1 Å². The molecule has 1 fully saturated rings. The Morgan fingerprint density at radius 2 is 2.10 bits per heavy atom. The first-order valence-electron chi connectivity index (χ1n) is 7.21. The third-order valence-corrected chi connectivity index (χ3v) is 4.11. The highest BCUT2D eigenvalue weighted by atomic mass is 16.6. The lowest BCUT2D eigenvalue weighted by Gasteiger charge is -2.30. The second-order valence-electron chi connectivity index (χ2n) is 5.49. The average Bonchev–Trinajstić information content (AvgIpc) is 2.49. The van der Waals surface area contributed by atoms with E-state index in [-0.39, 0.29) is 17.8 Å². The number of benzene rings is 1. The maximum absolute atomic E-state index is 11.1. The van der Waals surface area contributed by atoms with Gasteiger partial charge < -0.3 is 11.1 Å². The second kappa shape index (κ2) is 5.65. The van der Waals surface area contributed by atoms with Gasteiger partial charge in [0.25, 0.3) is 5.69 Å². The van der Waals surface area contributed by atoms with E-state index in [0.717, 1.165) is 30.3 Å². The molecule has 0 spiro atoms. The molecule has 1 heterocycles. The summed E-state index contributed by atoms with van der Waals surface area (Å²) < 4.78 is 0. The number of fused-ring (bicyclic) bond motifs is 1. The van der Waals surface area contributed by atoms with Crippen molar-refractivity contribution in [3.63, 3.8) is 0 Å². The Kier molecular flexibility index (Phi) is 3.70. The number of nitro groups is 1. The molecular weight excluding hydrogens is 268 g/mol. The largest absolute Gasteiger partial charge is 0.380 e. The zero-order valence-electron chi connectivity index (χ0n) is 11.7. The maximum atomic E-state index is 11.1. The van der Waals surface area contributed by atoms with E-state index in [1.807, 2.05) is 12.1 Å². The zero-order valence-corrected chi connectivity index (χ0v) is 11.7. The van der Waals surface area contributed by atoms with Crippen LogP contribution in [0, 0.1) is 10.1 Å². The van der Waals surface area contributed by atoms with Gasteiger partial charge in [-0.1, -0.05) is 25.0 Å². The molecule has 6 heteroatoms. The molecule has 0 bridgehead atoms. The van der Waals surface area contributed by atoms with Crippen molar-refractivity contribution in [3.8, 4) is 0 Å². The number of aromatic nitrogens is 1. The Hall–Kier alpha value is -2.21. The zero-order chi connectivity index (χ0) is 14.8. The predicted molar refractivity (Wildman–Crippen MR) is 82.3 cm³/mol. The first-order chi connectivity index (χ1) is 10.2. The monoisotopic (exact) mass is 286 g/mol.